The molecule has 2 fully saturated rings. The van der Waals surface area contributed by atoms with Gasteiger partial charge in [0.1, 0.15) is 5.60 Å². The summed E-state index contributed by atoms with van der Waals surface area (Å²) in [5.41, 5.74) is -0.959. The number of hydrogen-bond acceptors (Lipinski definition) is 4. The van der Waals surface area contributed by atoms with Crippen LogP contribution in [0.5, 0.6) is 0 Å². The van der Waals surface area contributed by atoms with Crippen molar-refractivity contribution in [1.82, 2.24) is 4.90 Å². The number of likely N-dealkylation sites (tertiary alicyclic amines) is 1. The molecular formula is C14H23NO4. The Kier molecular flexibility index (Phi) is 3.49. The minimum atomic E-state index is -0.505. The van der Waals surface area contributed by atoms with Crippen LogP contribution in [0.3, 0.4) is 0 Å². The largest absolute Gasteiger partial charge is 0.466 e. The van der Waals surface area contributed by atoms with Gasteiger partial charge in [-0.15, -0.1) is 0 Å². The van der Waals surface area contributed by atoms with E-state index < -0.39 is 11.0 Å². The Morgan fingerprint density at radius 2 is 2.05 bits per heavy atom. The van der Waals surface area contributed by atoms with E-state index >= 15 is 0 Å². The van der Waals surface area contributed by atoms with Gasteiger partial charge < -0.3 is 14.4 Å². The van der Waals surface area contributed by atoms with Crippen molar-refractivity contribution in [3.63, 3.8) is 0 Å². The van der Waals surface area contributed by atoms with Crippen LogP contribution in [-0.4, -0.2) is 42.3 Å². The SMILES string of the molecule is CCOC(=O)[C@]12C[C@H]1CCN(C(=O)OC(C)(C)C)C2. The molecule has 2 rings (SSSR count). The van der Waals surface area contributed by atoms with Gasteiger partial charge in [-0.05, 0) is 46.5 Å². The first-order valence-electron chi connectivity index (χ1n) is 6.93. The maximum atomic E-state index is 12.1. The highest BCUT2D eigenvalue weighted by atomic mass is 16.6. The zero-order chi connectivity index (χ0) is 14.3. The van der Waals surface area contributed by atoms with E-state index in [9.17, 15) is 9.59 Å². The van der Waals surface area contributed by atoms with Crippen LogP contribution in [-0.2, 0) is 14.3 Å². The molecule has 5 nitrogen and oxygen atoms in total. The lowest BCUT2D eigenvalue weighted by molar-refractivity contribution is -0.151. The predicted molar refractivity (Wildman–Crippen MR) is 69.6 cm³/mol. The van der Waals surface area contributed by atoms with E-state index in [1.807, 2.05) is 20.8 Å². The summed E-state index contributed by atoms with van der Waals surface area (Å²) >= 11 is 0. The Morgan fingerprint density at radius 3 is 2.63 bits per heavy atom. The lowest BCUT2D eigenvalue weighted by atomic mass is 9.97. The standard InChI is InChI=1S/C14H23NO4/c1-5-18-11(16)14-8-10(14)6-7-15(9-14)12(17)19-13(2,3)4/h10H,5-9H2,1-4H3/t10-,14+/m1/s1. The Morgan fingerprint density at radius 1 is 1.37 bits per heavy atom. The van der Waals surface area contributed by atoms with Gasteiger partial charge >= 0.3 is 12.1 Å². The summed E-state index contributed by atoms with van der Waals surface area (Å²) in [6.45, 7) is 8.83. The van der Waals surface area contributed by atoms with Gasteiger partial charge in [0.05, 0.1) is 12.0 Å². The third kappa shape index (κ3) is 2.85. The molecule has 0 aromatic carbocycles. The normalized spacial score (nSPS) is 29.5. The summed E-state index contributed by atoms with van der Waals surface area (Å²) in [6, 6.07) is 0. The first kappa shape index (κ1) is 14.2. The number of ether oxygens (including phenoxy) is 2. The monoisotopic (exact) mass is 269 g/mol. The molecule has 19 heavy (non-hydrogen) atoms. The van der Waals surface area contributed by atoms with E-state index in [0.717, 1.165) is 12.8 Å². The lowest BCUT2D eigenvalue weighted by Gasteiger charge is -2.33. The topological polar surface area (TPSA) is 55.8 Å². The fourth-order valence-corrected chi connectivity index (χ4v) is 2.76. The van der Waals surface area contributed by atoms with E-state index in [2.05, 4.69) is 0 Å². The van der Waals surface area contributed by atoms with Crippen LogP contribution >= 0.6 is 0 Å². The zero-order valence-electron chi connectivity index (χ0n) is 12.2. The van der Waals surface area contributed by atoms with Gasteiger partial charge in [-0.2, -0.15) is 0 Å². The molecule has 0 aromatic heterocycles. The second kappa shape index (κ2) is 4.69. The van der Waals surface area contributed by atoms with Gasteiger partial charge in [-0.1, -0.05) is 0 Å². The lowest BCUT2D eigenvalue weighted by Crippen LogP contribution is -2.46. The molecular weight excluding hydrogens is 246 g/mol. The zero-order valence-corrected chi connectivity index (χ0v) is 12.2. The number of piperidine rings is 1. The van der Waals surface area contributed by atoms with E-state index in [1.54, 1.807) is 11.8 Å². The molecule has 0 unspecified atom stereocenters. The summed E-state index contributed by atoms with van der Waals surface area (Å²) in [4.78, 5) is 25.7. The predicted octanol–water partition coefficient (Wildman–Crippen LogP) is 2.20. The molecule has 2 aliphatic rings. The van der Waals surface area contributed by atoms with Gasteiger partial charge in [0.15, 0.2) is 0 Å². The number of hydrogen-bond donors (Lipinski definition) is 0. The van der Waals surface area contributed by atoms with Crippen molar-refractivity contribution in [2.24, 2.45) is 11.3 Å². The van der Waals surface area contributed by atoms with Crippen molar-refractivity contribution >= 4 is 12.1 Å². The fraction of sp³-hybridized carbons (Fsp3) is 0.857. The molecule has 0 spiro atoms. The average molecular weight is 269 g/mol. The molecule has 108 valence electrons. The molecule has 1 aliphatic heterocycles. The number of carbonyl (C=O) groups excluding carboxylic acids is 2. The molecule has 1 heterocycles. The van der Waals surface area contributed by atoms with Crippen molar-refractivity contribution in [1.29, 1.82) is 0 Å². The van der Waals surface area contributed by atoms with Gasteiger partial charge in [-0.3, -0.25) is 4.79 Å². The highest BCUT2D eigenvalue weighted by Gasteiger charge is 2.64. The first-order chi connectivity index (χ1) is 8.78. The second-order valence-corrected chi connectivity index (χ2v) is 6.47. The van der Waals surface area contributed by atoms with E-state index in [-0.39, 0.29) is 12.1 Å². The van der Waals surface area contributed by atoms with Gasteiger partial charge in [0, 0.05) is 13.1 Å². The third-order valence-corrected chi connectivity index (χ3v) is 3.79. The van der Waals surface area contributed by atoms with Crippen molar-refractivity contribution < 1.29 is 19.1 Å². The number of nitrogens with zero attached hydrogens (tertiary/aromatic N) is 1. The highest BCUT2D eigenvalue weighted by Crippen LogP contribution is 2.58. The van der Waals surface area contributed by atoms with Crippen LogP contribution in [0.15, 0.2) is 0 Å². The van der Waals surface area contributed by atoms with E-state index in [1.165, 1.54) is 0 Å². The van der Waals surface area contributed by atoms with Crippen LogP contribution in [0.4, 0.5) is 4.79 Å². The van der Waals surface area contributed by atoms with Crippen LogP contribution in [0.1, 0.15) is 40.5 Å². The summed E-state index contributed by atoms with van der Waals surface area (Å²) < 4.78 is 10.5. The maximum absolute atomic E-state index is 12.1. The fourth-order valence-electron chi connectivity index (χ4n) is 2.76. The minimum Gasteiger partial charge on any atom is -0.466 e. The molecule has 1 aliphatic carbocycles. The van der Waals surface area contributed by atoms with Crippen LogP contribution in [0.2, 0.25) is 0 Å². The molecule has 2 atom stereocenters. The number of esters is 1. The van der Waals surface area contributed by atoms with Crippen molar-refractivity contribution in [2.45, 2.75) is 46.1 Å². The van der Waals surface area contributed by atoms with Crippen molar-refractivity contribution in [2.75, 3.05) is 19.7 Å². The molecule has 1 saturated heterocycles. The Hall–Kier alpha value is -1.26. The van der Waals surface area contributed by atoms with Crippen molar-refractivity contribution in [3.05, 3.63) is 0 Å². The molecule has 1 amide bonds. The summed E-state index contributed by atoms with van der Waals surface area (Å²) in [6.07, 6.45) is 1.37. The molecule has 1 saturated carbocycles. The minimum absolute atomic E-state index is 0.159. The van der Waals surface area contributed by atoms with E-state index in [4.69, 9.17) is 9.47 Å². The van der Waals surface area contributed by atoms with Crippen LogP contribution in [0.25, 0.3) is 0 Å². The second-order valence-electron chi connectivity index (χ2n) is 6.47. The third-order valence-electron chi connectivity index (χ3n) is 3.79. The summed E-state index contributed by atoms with van der Waals surface area (Å²) in [5.74, 6) is 0.221. The first-order valence-corrected chi connectivity index (χ1v) is 6.93. The summed E-state index contributed by atoms with van der Waals surface area (Å²) in [5, 5.41) is 0. The number of rotatable bonds is 2. The molecule has 0 bridgehead atoms. The Bertz CT molecular complexity index is 387. The highest BCUT2D eigenvalue weighted by molar-refractivity contribution is 5.82. The Labute approximate surface area is 114 Å². The summed E-state index contributed by atoms with van der Waals surface area (Å²) in [7, 11) is 0. The van der Waals surface area contributed by atoms with Crippen LogP contribution in [0, 0.1) is 11.3 Å². The number of carbonyl (C=O) groups is 2. The van der Waals surface area contributed by atoms with Gasteiger partial charge in [-0.25, -0.2) is 4.79 Å². The number of fused-ring (bicyclic) bond motifs is 1. The Balaban J connectivity index is 1.99. The van der Waals surface area contributed by atoms with Gasteiger partial charge in [0.2, 0.25) is 0 Å². The van der Waals surface area contributed by atoms with Gasteiger partial charge in [0.25, 0.3) is 0 Å². The smallest absolute Gasteiger partial charge is 0.410 e. The maximum Gasteiger partial charge on any atom is 0.410 e. The molecule has 0 N–H and O–H groups in total. The van der Waals surface area contributed by atoms with E-state index in [0.29, 0.717) is 25.6 Å². The van der Waals surface area contributed by atoms with Crippen molar-refractivity contribution in [3.8, 4) is 0 Å². The number of amides is 1. The molecule has 0 aromatic rings. The van der Waals surface area contributed by atoms with Crippen LogP contribution < -0.4 is 0 Å². The molecule has 5 heteroatoms. The average Bonchev–Trinajstić information content (AvgIpc) is 3.01. The quantitative estimate of drug-likeness (QED) is 0.721. The molecule has 0 radical (unpaired) electrons.